The summed E-state index contributed by atoms with van der Waals surface area (Å²) < 4.78 is 18.8. The Bertz CT molecular complexity index is 789. The summed E-state index contributed by atoms with van der Waals surface area (Å²) >= 11 is 0. The SMILES string of the molecule is COc1ccc(C(=O)N2CCC[C@@H](Nc3ccc(C(C)C)cc3)C2)cc1F. The Morgan fingerprint density at radius 3 is 2.59 bits per heavy atom. The largest absolute Gasteiger partial charge is 0.494 e. The summed E-state index contributed by atoms with van der Waals surface area (Å²) in [7, 11) is 1.41. The molecule has 0 saturated carbocycles. The van der Waals surface area contributed by atoms with E-state index in [0.717, 1.165) is 18.5 Å². The first-order valence-electron chi connectivity index (χ1n) is 9.47. The van der Waals surface area contributed by atoms with Gasteiger partial charge in [0.05, 0.1) is 7.11 Å². The van der Waals surface area contributed by atoms with Gasteiger partial charge < -0.3 is 15.0 Å². The molecule has 0 radical (unpaired) electrons. The third-order valence-corrected chi connectivity index (χ3v) is 5.06. The number of benzene rings is 2. The molecule has 3 rings (SSSR count). The predicted octanol–water partition coefficient (Wildman–Crippen LogP) is 4.67. The molecule has 0 bridgehead atoms. The van der Waals surface area contributed by atoms with E-state index in [1.165, 1.54) is 24.8 Å². The van der Waals surface area contributed by atoms with Crippen LogP contribution in [-0.2, 0) is 0 Å². The van der Waals surface area contributed by atoms with Crippen LogP contribution in [0, 0.1) is 5.82 Å². The highest BCUT2D eigenvalue weighted by atomic mass is 19.1. The van der Waals surface area contributed by atoms with Gasteiger partial charge in [0.25, 0.3) is 5.91 Å². The smallest absolute Gasteiger partial charge is 0.254 e. The number of likely N-dealkylation sites (tertiary alicyclic amines) is 1. The molecule has 1 aliphatic heterocycles. The molecule has 144 valence electrons. The molecule has 0 aromatic heterocycles. The number of hydrogen-bond donors (Lipinski definition) is 1. The maximum Gasteiger partial charge on any atom is 0.254 e. The van der Waals surface area contributed by atoms with Crippen LogP contribution in [0.25, 0.3) is 0 Å². The maximum absolute atomic E-state index is 13.9. The van der Waals surface area contributed by atoms with Gasteiger partial charge in [-0.2, -0.15) is 0 Å². The first kappa shape index (κ1) is 19.2. The average molecular weight is 370 g/mol. The molecule has 1 saturated heterocycles. The fourth-order valence-corrected chi connectivity index (χ4v) is 3.46. The highest BCUT2D eigenvalue weighted by Gasteiger charge is 2.25. The maximum atomic E-state index is 13.9. The van der Waals surface area contributed by atoms with Crippen molar-refractivity contribution < 1.29 is 13.9 Å². The normalized spacial score (nSPS) is 17.1. The van der Waals surface area contributed by atoms with Gasteiger partial charge in [0.15, 0.2) is 11.6 Å². The molecule has 27 heavy (non-hydrogen) atoms. The number of rotatable bonds is 5. The van der Waals surface area contributed by atoms with Gasteiger partial charge in [-0.15, -0.1) is 0 Å². The zero-order valence-corrected chi connectivity index (χ0v) is 16.2. The summed E-state index contributed by atoms with van der Waals surface area (Å²) in [5.41, 5.74) is 2.73. The van der Waals surface area contributed by atoms with Crippen molar-refractivity contribution in [3.63, 3.8) is 0 Å². The van der Waals surface area contributed by atoms with E-state index in [9.17, 15) is 9.18 Å². The molecule has 1 heterocycles. The number of carbonyl (C=O) groups is 1. The third-order valence-electron chi connectivity index (χ3n) is 5.06. The van der Waals surface area contributed by atoms with Crippen LogP contribution >= 0.6 is 0 Å². The minimum Gasteiger partial charge on any atom is -0.494 e. The highest BCUT2D eigenvalue weighted by molar-refractivity contribution is 5.94. The van der Waals surface area contributed by atoms with E-state index < -0.39 is 5.82 Å². The first-order valence-corrected chi connectivity index (χ1v) is 9.47. The van der Waals surface area contributed by atoms with Gasteiger partial charge in [0.1, 0.15) is 0 Å². The van der Waals surface area contributed by atoms with E-state index in [1.807, 2.05) is 0 Å². The quantitative estimate of drug-likeness (QED) is 0.831. The number of nitrogens with zero attached hydrogens (tertiary/aromatic N) is 1. The summed E-state index contributed by atoms with van der Waals surface area (Å²) in [6, 6.07) is 13.0. The first-order chi connectivity index (χ1) is 13.0. The number of halogens is 1. The van der Waals surface area contributed by atoms with Gasteiger partial charge in [0.2, 0.25) is 0 Å². The lowest BCUT2D eigenvalue weighted by Crippen LogP contribution is -2.45. The minimum absolute atomic E-state index is 0.141. The number of methoxy groups -OCH3 is 1. The Hall–Kier alpha value is -2.56. The predicted molar refractivity (Wildman–Crippen MR) is 106 cm³/mol. The zero-order valence-electron chi connectivity index (χ0n) is 16.2. The zero-order chi connectivity index (χ0) is 19.4. The Kier molecular flexibility index (Phi) is 5.99. The van der Waals surface area contributed by atoms with Crippen molar-refractivity contribution in [2.75, 3.05) is 25.5 Å². The summed E-state index contributed by atoms with van der Waals surface area (Å²) in [5.74, 6) is -0.000182. The van der Waals surface area contributed by atoms with E-state index in [4.69, 9.17) is 4.74 Å². The lowest BCUT2D eigenvalue weighted by Gasteiger charge is -2.34. The molecular weight excluding hydrogens is 343 g/mol. The molecular formula is C22H27FN2O2. The van der Waals surface area contributed by atoms with Crippen LogP contribution in [-0.4, -0.2) is 37.0 Å². The van der Waals surface area contributed by atoms with Gasteiger partial charge in [-0.1, -0.05) is 26.0 Å². The number of nitrogens with one attached hydrogen (secondary N) is 1. The van der Waals surface area contributed by atoms with E-state index >= 15 is 0 Å². The number of amides is 1. The van der Waals surface area contributed by atoms with Crippen LogP contribution < -0.4 is 10.1 Å². The number of carbonyl (C=O) groups excluding carboxylic acids is 1. The van der Waals surface area contributed by atoms with Crippen molar-refractivity contribution in [3.05, 3.63) is 59.4 Å². The van der Waals surface area contributed by atoms with Crippen LogP contribution in [0.15, 0.2) is 42.5 Å². The van der Waals surface area contributed by atoms with Gasteiger partial charge in [0, 0.05) is 30.4 Å². The van der Waals surface area contributed by atoms with Crippen molar-refractivity contribution >= 4 is 11.6 Å². The second kappa shape index (κ2) is 8.42. The number of ether oxygens (including phenoxy) is 1. The summed E-state index contributed by atoms with van der Waals surface area (Å²) in [4.78, 5) is 14.6. The topological polar surface area (TPSA) is 41.6 Å². The van der Waals surface area contributed by atoms with E-state index in [1.54, 1.807) is 11.0 Å². The average Bonchev–Trinajstić information content (AvgIpc) is 2.68. The molecule has 0 spiro atoms. The van der Waals surface area contributed by atoms with Crippen molar-refractivity contribution in [1.29, 1.82) is 0 Å². The molecule has 0 aliphatic carbocycles. The molecule has 2 aromatic rings. The lowest BCUT2D eigenvalue weighted by atomic mass is 10.0. The van der Waals surface area contributed by atoms with Crippen molar-refractivity contribution in [3.8, 4) is 5.75 Å². The molecule has 1 N–H and O–H groups in total. The van der Waals surface area contributed by atoms with E-state index in [-0.39, 0.29) is 17.7 Å². The molecule has 1 aliphatic rings. The Labute approximate surface area is 160 Å². The Morgan fingerprint density at radius 1 is 1.22 bits per heavy atom. The summed E-state index contributed by atoms with van der Waals surface area (Å²) in [5, 5.41) is 3.52. The van der Waals surface area contributed by atoms with Gasteiger partial charge in [-0.3, -0.25) is 4.79 Å². The van der Waals surface area contributed by atoms with Crippen LogP contribution in [0.3, 0.4) is 0 Å². The second-order valence-electron chi connectivity index (χ2n) is 7.36. The minimum atomic E-state index is -0.514. The highest BCUT2D eigenvalue weighted by Crippen LogP contribution is 2.22. The number of piperidine rings is 1. The van der Waals surface area contributed by atoms with Crippen molar-refractivity contribution in [2.24, 2.45) is 0 Å². The third kappa shape index (κ3) is 4.59. The van der Waals surface area contributed by atoms with Crippen LogP contribution in [0.5, 0.6) is 5.75 Å². The Morgan fingerprint density at radius 2 is 1.96 bits per heavy atom. The summed E-state index contributed by atoms with van der Waals surface area (Å²) in [6.45, 7) is 5.65. The summed E-state index contributed by atoms with van der Waals surface area (Å²) in [6.07, 6.45) is 1.93. The molecule has 5 heteroatoms. The number of anilines is 1. The molecule has 1 fully saturated rings. The monoisotopic (exact) mass is 370 g/mol. The van der Waals surface area contributed by atoms with E-state index in [2.05, 4.69) is 43.4 Å². The molecule has 1 atom stereocenters. The molecule has 2 aromatic carbocycles. The van der Waals surface area contributed by atoms with Crippen LogP contribution in [0.2, 0.25) is 0 Å². The second-order valence-corrected chi connectivity index (χ2v) is 7.36. The van der Waals surface area contributed by atoms with Gasteiger partial charge in [-0.05, 0) is 54.7 Å². The lowest BCUT2D eigenvalue weighted by molar-refractivity contribution is 0.0714. The molecule has 0 unspecified atom stereocenters. The van der Waals surface area contributed by atoms with Crippen LogP contribution in [0.4, 0.5) is 10.1 Å². The fourth-order valence-electron chi connectivity index (χ4n) is 3.46. The van der Waals surface area contributed by atoms with Crippen molar-refractivity contribution in [1.82, 2.24) is 4.90 Å². The van der Waals surface area contributed by atoms with Crippen LogP contribution in [0.1, 0.15) is 48.5 Å². The Balaban J connectivity index is 1.64. The van der Waals surface area contributed by atoms with Gasteiger partial charge >= 0.3 is 0 Å². The molecule has 4 nitrogen and oxygen atoms in total. The van der Waals surface area contributed by atoms with E-state index in [0.29, 0.717) is 24.6 Å². The van der Waals surface area contributed by atoms with Crippen molar-refractivity contribution in [2.45, 2.75) is 38.6 Å². The standard InChI is InChI=1S/C22H27FN2O2/c1-15(2)16-6-9-18(10-7-16)24-19-5-4-12-25(14-19)22(26)17-8-11-21(27-3)20(23)13-17/h6-11,13,15,19,24H,4-5,12,14H2,1-3H3/t19-/m1/s1. The van der Waals surface area contributed by atoms with Gasteiger partial charge in [-0.25, -0.2) is 4.39 Å². The molecule has 1 amide bonds. The number of hydrogen-bond acceptors (Lipinski definition) is 3. The fraction of sp³-hybridized carbons (Fsp3) is 0.409.